The molecule has 1 atom stereocenters. The third kappa shape index (κ3) is 2.35. The largest absolute Gasteiger partial charge is 0.354 e. The van der Waals surface area contributed by atoms with Gasteiger partial charge < -0.3 is 4.90 Å². The van der Waals surface area contributed by atoms with Crippen molar-refractivity contribution in [3.63, 3.8) is 0 Å². The second kappa shape index (κ2) is 5.65. The van der Waals surface area contributed by atoms with Crippen molar-refractivity contribution in [2.75, 3.05) is 22.9 Å². The summed E-state index contributed by atoms with van der Waals surface area (Å²) in [5, 5.41) is 11.1. The summed E-state index contributed by atoms with van der Waals surface area (Å²) in [6, 6.07) is 3.74. The summed E-state index contributed by atoms with van der Waals surface area (Å²) in [5.74, 6) is 0.666. The van der Waals surface area contributed by atoms with Crippen LogP contribution in [0.5, 0.6) is 0 Å². The molecule has 0 aromatic carbocycles. The molecule has 1 N–H and O–H groups in total. The van der Waals surface area contributed by atoms with Crippen molar-refractivity contribution in [1.82, 2.24) is 25.0 Å². The molecule has 1 fully saturated rings. The summed E-state index contributed by atoms with van der Waals surface area (Å²) in [7, 11) is 0. The zero-order chi connectivity index (χ0) is 17.7. The van der Waals surface area contributed by atoms with Crippen LogP contribution in [0.2, 0.25) is 0 Å². The third-order valence-corrected chi connectivity index (χ3v) is 4.82. The Morgan fingerprint density at radius 1 is 1.23 bits per heavy atom. The van der Waals surface area contributed by atoms with Gasteiger partial charge in [0.25, 0.3) is 5.91 Å². The second-order valence-electron chi connectivity index (χ2n) is 6.49. The van der Waals surface area contributed by atoms with Crippen LogP contribution in [0.4, 0.5) is 15.9 Å². The number of pyridine rings is 1. The van der Waals surface area contributed by atoms with Gasteiger partial charge in [0.15, 0.2) is 0 Å². The van der Waals surface area contributed by atoms with Crippen LogP contribution < -0.4 is 9.80 Å². The molecule has 132 valence electrons. The highest BCUT2D eigenvalue weighted by Crippen LogP contribution is 2.28. The summed E-state index contributed by atoms with van der Waals surface area (Å²) in [6.07, 6.45) is 6.48. The van der Waals surface area contributed by atoms with Crippen molar-refractivity contribution >= 4 is 17.4 Å². The van der Waals surface area contributed by atoms with Crippen LogP contribution in [0.25, 0.3) is 5.69 Å². The van der Waals surface area contributed by atoms with Gasteiger partial charge >= 0.3 is 0 Å². The molecular weight excluding hydrogens is 337 g/mol. The van der Waals surface area contributed by atoms with E-state index in [2.05, 4.69) is 20.3 Å². The monoisotopic (exact) mass is 353 g/mol. The van der Waals surface area contributed by atoms with Crippen molar-refractivity contribution in [1.29, 1.82) is 0 Å². The first-order valence-corrected chi connectivity index (χ1v) is 8.43. The highest BCUT2D eigenvalue weighted by atomic mass is 19.1. The maximum absolute atomic E-state index is 13.3. The maximum Gasteiger partial charge on any atom is 0.262 e. The topological polar surface area (TPSA) is 82.9 Å². The fraction of sp³-hybridized carbons (Fsp3) is 0.294. The number of amides is 1. The number of anilines is 2. The lowest BCUT2D eigenvalue weighted by atomic mass is 10.3. The first kappa shape index (κ1) is 15.1. The Balaban J connectivity index is 1.37. The van der Waals surface area contributed by atoms with Crippen molar-refractivity contribution in [3.05, 3.63) is 48.2 Å². The number of carbonyl (C=O) groups is 1. The summed E-state index contributed by atoms with van der Waals surface area (Å²) in [5.41, 5.74) is 2.79. The molecule has 3 aromatic heterocycles. The van der Waals surface area contributed by atoms with Gasteiger partial charge in [-0.1, -0.05) is 0 Å². The van der Waals surface area contributed by atoms with Gasteiger partial charge in [-0.25, -0.2) is 14.1 Å². The number of aromatic nitrogens is 5. The van der Waals surface area contributed by atoms with E-state index in [-0.39, 0.29) is 5.91 Å². The predicted molar refractivity (Wildman–Crippen MR) is 92.2 cm³/mol. The van der Waals surface area contributed by atoms with E-state index in [1.807, 2.05) is 17.0 Å². The Bertz CT molecular complexity index is 950. The molecule has 0 aliphatic carbocycles. The minimum atomic E-state index is -0.783. The van der Waals surface area contributed by atoms with Gasteiger partial charge in [-0.3, -0.25) is 14.8 Å². The van der Waals surface area contributed by atoms with E-state index in [1.54, 1.807) is 34.4 Å². The van der Waals surface area contributed by atoms with E-state index < -0.39 is 6.17 Å². The highest BCUT2D eigenvalue weighted by molar-refractivity contribution is 6.09. The highest BCUT2D eigenvalue weighted by Gasteiger charge is 2.32. The minimum Gasteiger partial charge on any atom is -0.354 e. The standard InChI is InChI=1S/C17H16FN7O/c18-11-3-4-23(8-11)16-2-1-12(5-19-16)25-9-14-15(22-25)10-24(17(14)26)13-6-20-21-7-13/h1-2,5-7,9,11H,3-4,8,10H2,(H,20,21)/t11-/m1/s1. The third-order valence-electron chi connectivity index (χ3n) is 4.82. The number of alkyl halides is 1. The van der Waals surface area contributed by atoms with Gasteiger partial charge in [-0.05, 0) is 18.6 Å². The number of rotatable bonds is 3. The van der Waals surface area contributed by atoms with Crippen molar-refractivity contribution in [3.8, 4) is 5.69 Å². The number of hydrogen-bond donors (Lipinski definition) is 1. The number of halogens is 1. The number of hydrogen-bond acceptors (Lipinski definition) is 5. The Hall–Kier alpha value is -3.23. The summed E-state index contributed by atoms with van der Waals surface area (Å²) < 4.78 is 15.0. The van der Waals surface area contributed by atoms with Gasteiger partial charge in [-0.2, -0.15) is 10.2 Å². The first-order valence-electron chi connectivity index (χ1n) is 8.43. The lowest BCUT2D eigenvalue weighted by Crippen LogP contribution is -2.23. The number of aromatic amines is 1. The average molecular weight is 353 g/mol. The molecule has 5 rings (SSSR count). The van der Waals surface area contributed by atoms with Crippen molar-refractivity contribution < 1.29 is 9.18 Å². The van der Waals surface area contributed by atoms with Crippen LogP contribution in [0.1, 0.15) is 22.5 Å². The van der Waals surface area contributed by atoms with Gasteiger partial charge in [0, 0.05) is 18.9 Å². The number of nitrogens with one attached hydrogen (secondary N) is 1. The molecule has 2 aliphatic rings. The van der Waals surface area contributed by atoms with E-state index in [4.69, 9.17) is 0 Å². The van der Waals surface area contributed by atoms with E-state index in [1.165, 1.54) is 0 Å². The molecule has 0 spiro atoms. The van der Waals surface area contributed by atoms with Gasteiger partial charge in [-0.15, -0.1) is 0 Å². The van der Waals surface area contributed by atoms with Crippen LogP contribution in [0.15, 0.2) is 36.9 Å². The molecule has 0 radical (unpaired) electrons. The number of nitrogens with zero attached hydrogens (tertiary/aromatic N) is 6. The number of H-pyrrole nitrogens is 1. The molecule has 26 heavy (non-hydrogen) atoms. The summed E-state index contributed by atoms with van der Waals surface area (Å²) in [6.45, 7) is 1.49. The molecule has 2 aliphatic heterocycles. The predicted octanol–water partition coefficient (Wildman–Crippen LogP) is 1.70. The maximum atomic E-state index is 13.3. The zero-order valence-electron chi connectivity index (χ0n) is 13.8. The Morgan fingerprint density at radius 3 is 2.81 bits per heavy atom. The van der Waals surface area contributed by atoms with Crippen LogP contribution >= 0.6 is 0 Å². The molecule has 1 saturated heterocycles. The summed E-state index contributed by atoms with van der Waals surface area (Å²) >= 11 is 0. The Morgan fingerprint density at radius 2 is 2.15 bits per heavy atom. The smallest absolute Gasteiger partial charge is 0.262 e. The Kier molecular flexibility index (Phi) is 3.27. The molecule has 0 saturated carbocycles. The molecule has 8 nitrogen and oxygen atoms in total. The fourth-order valence-corrected chi connectivity index (χ4v) is 3.43. The normalized spacial score (nSPS) is 19.4. The summed E-state index contributed by atoms with van der Waals surface area (Å²) in [4.78, 5) is 20.6. The van der Waals surface area contributed by atoms with E-state index in [0.29, 0.717) is 31.6 Å². The molecule has 0 bridgehead atoms. The number of carbonyl (C=O) groups excluding carboxylic acids is 1. The molecule has 3 aromatic rings. The van der Waals surface area contributed by atoms with Crippen LogP contribution in [-0.4, -0.2) is 50.1 Å². The average Bonchev–Trinajstić information content (AvgIpc) is 3.41. The lowest BCUT2D eigenvalue weighted by molar-refractivity contribution is 0.0996. The lowest BCUT2D eigenvalue weighted by Gasteiger charge is -2.16. The van der Waals surface area contributed by atoms with E-state index in [9.17, 15) is 9.18 Å². The minimum absolute atomic E-state index is 0.0942. The van der Waals surface area contributed by atoms with Crippen LogP contribution in [0, 0.1) is 0 Å². The van der Waals surface area contributed by atoms with E-state index >= 15 is 0 Å². The fourth-order valence-electron chi connectivity index (χ4n) is 3.43. The molecular formula is C17H16FN7O. The molecule has 9 heteroatoms. The van der Waals surface area contributed by atoms with Crippen molar-refractivity contribution in [2.24, 2.45) is 0 Å². The van der Waals surface area contributed by atoms with Gasteiger partial charge in [0.2, 0.25) is 0 Å². The molecule has 5 heterocycles. The van der Waals surface area contributed by atoms with Gasteiger partial charge in [0.1, 0.15) is 12.0 Å². The van der Waals surface area contributed by atoms with Crippen LogP contribution in [-0.2, 0) is 6.54 Å². The second-order valence-corrected chi connectivity index (χ2v) is 6.49. The zero-order valence-corrected chi connectivity index (χ0v) is 13.8. The molecule has 0 unspecified atom stereocenters. The first-order chi connectivity index (χ1) is 12.7. The van der Waals surface area contributed by atoms with Crippen molar-refractivity contribution in [2.45, 2.75) is 19.1 Å². The van der Waals surface area contributed by atoms with Gasteiger partial charge in [0.05, 0.1) is 48.1 Å². The molecule has 1 amide bonds. The Labute approximate surface area is 148 Å². The van der Waals surface area contributed by atoms with Crippen LogP contribution in [0.3, 0.4) is 0 Å². The quantitative estimate of drug-likeness (QED) is 0.775. The SMILES string of the molecule is O=C1c2cn(-c3ccc(N4CC[C@@H](F)C4)nc3)nc2CN1c1cn[nH]c1. The number of fused-ring (bicyclic) bond motifs is 1. The van der Waals surface area contributed by atoms with E-state index in [0.717, 1.165) is 22.9 Å².